The molecule has 5 rings (SSSR count). The number of hydrogen-bond acceptors (Lipinski definition) is 10. The molecule has 1 amide bonds. The molecule has 214 valence electrons. The second-order valence-electron chi connectivity index (χ2n) is 11.1. The van der Waals surface area contributed by atoms with Gasteiger partial charge in [-0.2, -0.15) is 0 Å². The Morgan fingerprint density at radius 3 is 2.75 bits per heavy atom. The monoisotopic (exact) mass is 564 g/mol. The Morgan fingerprint density at radius 1 is 1.18 bits per heavy atom. The van der Waals surface area contributed by atoms with E-state index in [2.05, 4.69) is 51.5 Å². The lowest BCUT2D eigenvalue weighted by Crippen LogP contribution is -2.45. The van der Waals surface area contributed by atoms with Crippen molar-refractivity contribution in [2.75, 3.05) is 57.5 Å². The summed E-state index contributed by atoms with van der Waals surface area (Å²) in [5, 5.41) is 7.82. The first-order chi connectivity index (χ1) is 19.3. The number of nitrogens with one attached hydrogen (secondary N) is 2. The van der Waals surface area contributed by atoms with Gasteiger partial charge in [0.2, 0.25) is 5.91 Å². The average molecular weight is 565 g/mol. The standard InChI is InChI=1S/C29H40N8O2S/c1-20-16-36(17-21(2)39-20)18-22-14-25(31-23-8-6-13-37(19-23)27(38)10-7-12-35(3)4)33-26(15-22)34-29-32-24-9-5-11-30-28(24)40-29/h5,7,9-11,14-15,20-21,23H,6,8,12-13,16-19H2,1-4H3,(H2,31,32,33,34)/b10-7+/t20-,21+,23?. The summed E-state index contributed by atoms with van der Waals surface area (Å²) in [6.07, 6.45) is 7.75. The van der Waals surface area contributed by atoms with Gasteiger partial charge in [0.25, 0.3) is 0 Å². The molecule has 3 aromatic heterocycles. The summed E-state index contributed by atoms with van der Waals surface area (Å²) in [4.78, 5) is 34.1. The van der Waals surface area contributed by atoms with Gasteiger partial charge in [-0.3, -0.25) is 9.69 Å². The summed E-state index contributed by atoms with van der Waals surface area (Å²) in [7, 11) is 3.99. The molecule has 11 heteroatoms. The van der Waals surface area contributed by atoms with Gasteiger partial charge in [0, 0.05) is 57.6 Å². The second-order valence-corrected chi connectivity index (χ2v) is 12.1. The number of likely N-dealkylation sites (tertiary alicyclic amines) is 1. The van der Waals surface area contributed by atoms with Gasteiger partial charge in [0.15, 0.2) is 5.13 Å². The zero-order chi connectivity index (χ0) is 28.1. The number of pyridine rings is 2. The van der Waals surface area contributed by atoms with Gasteiger partial charge in [-0.15, -0.1) is 0 Å². The smallest absolute Gasteiger partial charge is 0.246 e. The van der Waals surface area contributed by atoms with Crippen molar-refractivity contribution in [2.24, 2.45) is 0 Å². The topological polar surface area (TPSA) is 98.8 Å². The number of carbonyl (C=O) groups is 1. The van der Waals surface area contributed by atoms with Crippen molar-refractivity contribution in [3.63, 3.8) is 0 Å². The van der Waals surface area contributed by atoms with E-state index in [4.69, 9.17) is 9.72 Å². The first-order valence-corrected chi connectivity index (χ1v) is 14.9. The van der Waals surface area contributed by atoms with Crippen LogP contribution in [0.25, 0.3) is 10.3 Å². The molecular formula is C29H40N8O2S. The van der Waals surface area contributed by atoms with Crippen LogP contribution in [-0.2, 0) is 16.1 Å². The molecule has 3 aromatic rings. The molecule has 2 aliphatic rings. The number of fused-ring (bicyclic) bond motifs is 1. The van der Waals surface area contributed by atoms with Crippen LogP contribution in [0.2, 0.25) is 0 Å². The fraction of sp³-hybridized carbons (Fsp3) is 0.517. The fourth-order valence-electron chi connectivity index (χ4n) is 5.40. The van der Waals surface area contributed by atoms with Crippen LogP contribution in [0.3, 0.4) is 0 Å². The maximum atomic E-state index is 12.8. The highest BCUT2D eigenvalue weighted by Crippen LogP contribution is 2.28. The van der Waals surface area contributed by atoms with E-state index in [9.17, 15) is 4.79 Å². The third-order valence-corrected chi connectivity index (χ3v) is 7.90. The molecule has 40 heavy (non-hydrogen) atoms. The number of rotatable bonds is 9. The third kappa shape index (κ3) is 7.75. The molecule has 0 radical (unpaired) electrons. The lowest BCUT2D eigenvalue weighted by atomic mass is 10.1. The molecule has 0 aromatic carbocycles. The predicted molar refractivity (Wildman–Crippen MR) is 161 cm³/mol. The molecular weight excluding hydrogens is 524 g/mol. The Balaban J connectivity index is 1.33. The molecule has 2 aliphatic heterocycles. The Kier molecular flexibility index (Phi) is 9.25. The molecule has 10 nitrogen and oxygen atoms in total. The predicted octanol–water partition coefficient (Wildman–Crippen LogP) is 3.96. The van der Waals surface area contributed by atoms with Gasteiger partial charge in [-0.25, -0.2) is 15.0 Å². The summed E-state index contributed by atoms with van der Waals surface area (Å²) in [5.41, 5.74) is 2.03. The molecule has 0 bridgehead atoms. The Hall–Kier alpha value is -3.12. The van der Waals surface area contributed by atoms with Crippen molar-refractivity contribution in [3.8, 4) is 0 Å². The van der Waals surface area contributed by atoms with Crippen molar-refractivity contribution in [2.45, 2.75) is 51.5 Å². The van der Waals surface area contributed by atoms with Gasteiger partial charge < -0.3 is 25.2 Å². The van der Waals surface area contributed by atoms with Crippen LogP contribution in [0.1, 0.15) is 32.3 Å². The molecule has 0 spiro atoms. The van der Waals surface area contributed by atoms with Crippen LogP contribution in [0.15, 0.2) is 42.6 Å². The maximum absolute atomic E-state index is 12.8. The summed E-state index contributed by atoms with van der Waals surface area (Å²) in [6.45, 7) is 9.02. The van der Waals surface area contributed by atoms with E-state index in [-0.39, 0.29) is 24.2 Å². The lowest BCUT2D eigenvalue weighted by Gasteiger charge is -2.35. The van der Waals surface area contributed by atoms with Crippen LogP contribution >= 0.6 is 11.3 Å². The number of hydrogen-bond donors (Lipinski definition) is 2. The quantitative estimate of drug-likeness (QED) is 0.374. The SMILES string of the molecule is C[C@@H]1CN(Cc2cc(Nc3nc4cccnc4s3)nc(NC3CCCN(C(=O)/C=C/CN(C)C)C3)c2)C[C@H](C)O1. The molecule has 0 saturated carbocycles. The zero-order valence-electron chi connectivity index (χ0n) is 23.8. The molecule has 3 atom stereocenters. The minimum Gasteiger partial charge on any atom is -0.373 e. The summed E-state index contributed by atoms with van der Waals surface area (Å²) in [5.74, 6) is 1.61. The largest absolute Gasteiger partial charge is 0.373 e. The number of ether oxygens (including phenoxy) is 1. The maximum Gasteiger partial charge on any atom is 0.246 e. The molecule has 1 unspecified atom stereocenters. The van der Waals surface area contributed by atoms with E-state index in [1.807, 2.05) is 42.1 Å². The number of likely N-dealkylation sites (N-methyl/N-ethyl adjacent to an activating group) is 1. The second kappa shape index (κ2) is 13.0. The Labute approximate surface area is 240 Å². The Bertz CT molecular complexity index is 1290. The van der Waals surface area contributed by atoms with Gasteiger partial charge in [-0.05, 0) is 70.6 Å². The van der Waals surface area contributed by atoms with Crippen molar-refractivity contribution in [3.05, 3.63) is 48.2 Å². The van der Waals surface area contributed by atoms with Crippen LogP contribution in [-0.4, -0.2) is 101 Å². The first-order valence-electron chi connectivity index (χ1n) is 14.0. The lowest BCUT2D eigenvalue weighted by molar-refractivity contribution is -0.127. The number of aromatic nitrogens is 3. The summed E-state index contributed by atoms with van der Waals surface area (Å²) in [6, 6.07) is 8.22. The van der Waals surface area contributed by atoms with Crippen LogP contribution in [0, 0.1) is 0 Å². The molecule has 2 fully saturated rings. The molecule has 0 aliphatic carbocycles. The third-order valence-electron chi connectivity index (χ3n) is 7.00. The van der Waals surface area contributed by atoms with E-state index < -0.39 is 0 Å². The Morgan fingerprint density at radius 2 is 1.98 bits per heavy atom. The van der Waals surface area contributed by atoms with Crippen molar-refractivity contribution >= 4 is 44.4 Å². The average Bonchev–Trinajstić information content (AvgIpc) is 3.30. The fourth-order valence-corrected chi connectivity index (χ4v) is 6.21. The summed E-state index contributed by atoms with van der Waals surface area (Å²) < 4.78 is 5.94. The molecule has 5 heterocycles. The van der Waals surface area contributed by atoms with Crippen molar-refractivity contribution in [1.82, 2.24) is 29.7 Å². The molecule has 2 N–H and O–H groups in total. The number of piperidine rings is 1. The van der Waals surface area contributed by atoms with Gasteiger partial charge in [-0.1, -0.05) is 17.4 Å². The minimum atomic E-state index is 0.0671. The first kappa shape index (κ1) is 28.4. The number of thiazole rings is 1. The zero-order valence-corrected chi connectivity index (χ0v) is 24.7. The highest BCUT2D eigenvalue weighted by molar-refractivity contribution is 7.21. The number of carbonyl (C=O) groups excluding carboxylic acids is 1. The van der Waals surface area contributed by atoms with E-state index in [0.29, 0.717) is 6.54 Å². The number of anilines is 3. The van der Waals surface area contributed by atoms with Gasteiger partial charge in [0.05, 0.1) is 12.2 Å². The van der Waals surface area contributed by atoms with Gasteiger partial charge >= 0.3 is 0 Å². The van der Waals surface area contributed by atoms with Crippen LogP contribution in [0.4, 0.5) is 16.8 Å². The van der Waals surface area contributed by atoms with E-state index in [1.54, 1.807) is 12.3 Å². The van der Waals surface area contributed by atoms with E-state index >= 15 is 0 Å². The van der Waals surface area contributed by atoms with Crippen molar-refractivity contribution < 1.29 is 9.53 Å². The van der Waals surface area contributed by atoms with Crippen molar-refractivity contribution in [1.29, 1.82) is 0 Å². The molecule has 2 saturated heterocycles. The summed E-state index contributed by atoms with van der Waals surface area (Å²) >= 11 is 1.51. The minimum absolute atomic E-state index is 0.0671. The number of nitrogens with zero attached hydrogens (tertiary/aromatic N) is 6. The number of amides is 1. The van der Waals surface area contributed by atoms with E-state index in [1.165, 1.54) is 11.3 Å². The van der Waals surface area contributed by atoms with E-state index in [0.717, 1.165) is 78.2 Å². The van der Waals surface area contributed by atoms with Gasteiger partial charge in [0.1, 0.15) is 22.0 Å². The highest BCUT2D eigenvalue weighted by Gasteiger charge is 2.25. The number of morpholine rings is 1. The van der Waals surface area contributed by atoms with Crippen LogP contribution in [0.5, 0.6) is 0 Å². The highest BCUT2D eigenvalue weighted by atomic mass is 32.1. The van der Waals surface area contributed by atoms with Crippen LogP contribution < -0.4 is 10.6 Å². The normalized spacial score (nSPS) is 22.3.